The Morgan fingerprint density at radius 1 is 0.730 bits per heavy atom. The van der Waals surface area contributed by atoms with Gasteiger partial charge < -0.3 is 28.7 Å². The second-order valence-corrected chi connectivity index (χ2v) is 11.2. The maximum absolute atomic E-state index is 6.18. The van der Waals surface area contributed by atoms with Crippen LogP contribution in [0.5, 0.6) is 23.0 Å². The highest BCUT2D eigenvalue weighted by molar-refractivity contribution is 5.85. The molecule has 8 heteroatoms. The van der Waals surface area contributed by atoms with Gasteiger partial charge in [-0.1, -0.05) is 0 Å². The van der Waals surface area contributed by atoms with Crippen molar-refractivity contribution in [3.05, 3.63) is 46.5 Å². The van der Waals surface area contributed by atoms with Gasteiger partial charge in [0.2, 0.25) is 6.79 Å². The highest BCUT2D eigenvalue weighted by Gasteiger charge is 2.37. The summed E-state index contributed by atoms with van der Waals surface area (Å²) in [5, 5.41) is 0. The Balaban J connectivity index is 0.00000160. The summed E-state index contributed by atoms with van der Waals surface area (Å²) in [5.41, 5.74) is 4.85. The maximum Gasteiger partial charge on any atom is 0.230 e. The van der Waals surface area contributed by atoms with E-state index in [0.717, 1.165) is 73.5 Å². The maximum atomic E-state index is 6.18. The molecule has 0 saturated carbocycles. The molecule has 4 aliphatic heterocycles. The molecule has 0 N–H and O–H groups in total. The van der Waals surface area contributed by atoms with Crippen molar-refractivity contribution >= 4 is 24.8 Å². The third kappa shape index (κ3) is 5.49. The second-order valence-electron chi connectivity index (χ2n) is 11.2. The van der Waals surface area contributed by atoms with E-state index in [-0.39, 0.29) is 31.6 Å². The van der Waals surface area contributed by atoms with Gasteiger partial charge in [-0.05, 0) is 89.3 Å². The van der Waals surface area contributed by atoms with Gasteiger partial charge in [-0.3, -0.25) is 0 Å². The van der Waals surface area contributed by atoms with E-state index in [1.165, 1.54) is 24.0 Å². The number of fused-ring (bicyclic) bond motifs is 6. The predicted molar refractivity (Wildman–Crippen MR) is 151 cm³/mol. The van der Waals surface area contributed by atoms with Crippen molar-refractivity contribution in [2.75, 3.05) is 60.3 Å². The summed E-state index contributed by atoms with van der Waals surface area (Å²) in [7, 11) is 4.43. The minimum absolute atomic E-state index is 0. The lowest BCUT2D eigenvalue weighted by Crippen LogP contribution is -2.41. The summed E-state index contributed by atoms with van der Waals surface area (Å²) in [4.78, 5) is 4.86. The zero-order chi connectivity index (χ0) is 24.1. The highest BCUT2D eigenvalue weighted by Crippen LogP contribution is 2.46. The van der Waals surface area contributed by atoms with Crippen LogP contribution in [0.3, 0.4) is 0 Å². The normalized spacial score (nSPS) is 26.5. The van der Waals surface area contributed by atoms with Crippen LogP contribution in [0.15, 0.2) is 24.3 Å². The van der Waals surface area contributed by atoms with Gasteiger partial charge in [0, 0.05) is 47.9 Å². The number of likely N-dealkylation sites (tertiary alicyclic amines) is 2. The van der Waals surface area contributed by atoms with E-state index in [2.05, 4.69) is 62.0 Å². The molecule has 204 valence electrons. The van der Waals surface area contributed by atoms with Crippen LogP contribution in [0.4, 0.5) is 0 Å². The molecule has 6 rings (SSSR count). The molecule has 2 saturated heterocycles. The van der Waals surface area contributed by atoms with Crippen LogP contribution in [0.2, 0.25) is 0 Å². The number of hydrogen-bond donors (Lipinski definition) is 0. The molecule has 0 unspecified atom stereocenters. The molecule has 4 atom stereocenters. The van der Waals surface area contributed by atoms with E-state index in [4.69, 9.17) is 18.9 Å². The van der Waals surface area contributed by atoms with Crippen LogP contribution in [0.25, 0.3) is 0 Å². The van der Waals surface area contributed by atoms with Crippen LogP contribution in [0.1, 0.15) is 46.9 Å². The molecule has 2 aromatic rings. The van der Waals surface area contributed by atoms with E-state index < -0.39 is 0 Å². The van der Waals surface area contributed by atoms with Gasteiger partial charge in [0.25, 0.3) is 0 Å². The Hall–Kier alpha value is -1.86. The minimum Gasteiger partial charge on any atom is -0.493 e. The van der Waals surface area contributed by atoms with Gasteiger partial charge in [-0.25, -0.2) is 0 Å². The first kappa shape index (κ1) is 28.2. The molecule has 0 aromatic heterocycles. The molecule has 0 bridgehead atoms. The van der Waals surface area contributed by atoms with Crippen LogP contribution < -0.4 is 18.9 Å². The van der Waals surface area contributed by atoms with Gasteiger partial charge in [0.1, 0.15) is 23.0 Å². The average molecular weight is 552 g/mol. The molecule has 0 aliphatic carbocycles. The number of hydrogen-bond acceptors (Lipinski definition) is 6. The molecule has 6 nitrogen and oxygen atoms in total. The van der Waals surface area contributed by atoms with E-state index >= 15 is 0 Å². The second kappa shape index (κ2) is 11.5. The van der Waals surface area contributed by atoms with E-state index in [1.54, 1.807) is 0 Å². The third-order valence-electron chi connectivity index (χ3n) is 8.61. The average Bonchev–Trinajstić information content (AvgIpc) is 2.84. The van der Waals surface area contributed by atoms with Crippen LogP contribution >= 0.6 is 24.8 Å². The summed E-state index contributed by atoms with van der Waals surface area (Å²) in [5.74, 6) is 5.99. The first-order chi connectivity index (χ1) is 17.0. The van der Waals surface area contributed by atoms with E-state index in [0.29, 0.717) is 23.7 Å². The molecule has 2 fully saturated rings. The Morgan fingerprint density at radius 3 is 1.59 bits per heavy atom. The lowest BCUT2D eigenvalue weighted by atomic mass is 9.78. The number of ether oxygens (including phenoxy) is 4. The lowest BCUT2D eigenvalue weighted by molar-refractivity contribution is 0.106. The van der Waals surface area contributed by atoms with Crippen LogP contribution in [-0.2, 0) is 0 Å². The fourth-order valence-electron chi connectivity index (χ4n) is 6.62. The zero-order valence-electron chi connectivity index (χ0n) is 22.3. The molecule has 0 radical (unpaired) electrons. The Labute approximate surface area is 233 Å². The number of nitrogens with zero attached hydrogens (tertiary/aromatic N) is 2. The van der Waals surface area contributed by atoms with Crippen molar-refractivity contribution in [3.8, 4) is 23.0 Å². The summed E-state index contributed by atoms with van der Waals surface area (Å²) in [6.07, 6.45) is 2.37. The SMILES string of the molecule is Cc1cc(OCOc2cc(C)c3c(c2)[C@H]2CN(C)CC[C@H]2CO3)cc2c1OC[C@@H]1CCN(C)C[C@H]21.Cl.Cl. The fourth-order valence-corrected chi connectivity index (χ4v) is 6.62. The fraction of sp³-hybridized carbons (Fsp3) is 0.586. The first-order valence-corrected chi connectivity index (χ1v) is 13.1. The molecule has 2 aromatic carbocycles. The Bertz CT molecular complexity index is 1030. The quantitative estimate of drug-likeness (QED) is 0.473. The van der Waals surface area contributed by atoms with Crippen LogP contribution in [-0.4, -0.2) is 70.1 Å². The van der Waals surface area contributed by atoms with Gasteiger partial charge in [0.15, 0.2) is 0 Å². The summed E-state index contributed by atoms with van der Waals surface area (Å²) < 4.78 is 24.6. The van der Waals surface area contributed by atoms with Crippen LogP contribution in [0, 0.1) is 25.7 Å². The minimum atomic E-state index is 0. The molecule has 4 aliphatic rings. The summed E-state index contributed by atoms with van der Waals surface area (Å²) in [6, 6.07) is 8.50. The van der Waals surface area contributed by atoms with Crippen molar-refractivity contribution in [2.45, 2.75) is 38.5 Å². The lowest BCUT2D eigenvalue weighted by Gasteiger charge is -2.41. The van der Waals surface area contributed by atoms with Crippen molar-refractivity contribution in [1.82, 2.24) is 9.80 Å². The number of halogens is 2. The topological polar surface area (TPSA) is 43.4 Å². The number of rotatable bonds is 4. The standard InChI is InChI=1S/C29H38N2O4.2ClH/c1-18-9-22(11-24-26-13-30(3)7-5-20(26)15-32-28(18)24)34-17-35-23-10-19(2)29-25(12-23)27-14-31(4)8-6-21(27)16-33-29;;/h9-12,20-21,26-27H,5-8,13-17H2,1-4H3;2*1H/t20-,21-,26-,27-;;/m0../s1. The monoisotopic (exact) mass is 550 g/mol. The summed E-state index contributed by atoms with van der Waals surface area (Å²) in [6.45, 7) is 10.5. The smallest absolute Gasteiger partial charge is 0.230 e. The van der Waals surface area contributed by atoms with Gasteiger partial charge in [-0.15, -0.1) is 24.8 Å². The largest absolute Gasteiger partial charge is 0.493 e. The molecular weight excluding hydrogens is 511 g/mol. The van der Waals surface area contributed by atoms with Gasteiger partial charge >= 0.3 is 0 Å². The predicted octanol–water partition coefficient (Wildman–Crippen LogP) is 5.42. The Kier molecular flexibility index (Phi) is 8.74. The number of benzene rings is 2. The van der Waals surface area contributed by atoms with Crippen molar-refractivity contribution in [1.29, 1.82) is 0 Å². The molecule has 37 heavy (non-hydrogen) atoms. The van der Waals surface area contributed by atoms with Gasteiger partial charge in [0.05, 0.1) is 13.2 Å². The summed E-state index contributed by atoms with van der Waals surface area (Å²) >= 11 is 0. The van der Waals surface area contributed by atoms with Gasteiger partial charge in [-0.2, -0.15) is 0 Å². The molecule has 4 heterocycles. The third-order valence-corrected chi connectivity index (χ3v) is 8.61. The zero-order valence-corrected chi connectivity index (χ0v) is 24.0. The van der Waals surface area contributed by atoms with Crippen molar-refractivity contribution < 1.29 is 18.9 Å². The Morgan fingerprint density at radius 2 is 1.16 bits per heavy atom. The van der Waals surface area contributed by atoms with E-state index in [1.807, 2.05) is 0 Å². The molecular formula is C29H40Cl2N2O4. The van der Waals surface area contributed by atoms with E-state index in [9.17, 15) is 0 Å². The van der Waals surface area contributed by atoms with Crippen molar-refractivity contribution in [2.24, 2.45) is 11.8 Å². The first-order valence-electron chi connectivity index (χ1n) is 13.1. The number of piperidine rings is 2. The molecule has 0 amide bonds. The molecule has 0 spiro atoms. The number of aryl methyl sites for hydroxylation is 2. The highest BCUT2D eigenvalue weighted by atomic mass is 35.5. The number of likely N-dealkylation sites (N-methyl/N-ethyl adjacent to an activating group) is 2. The van der Waals surface area contributed by atoms with Crippen molar-refractivity contribution in [3.63, 3.8) is 0 Å².